The van der Waals surface area contributed by atoms with E-state index in [1.165, 1.54) is 0 Å². The van der Waals surface area contributed by atoms with Crippen molar-refractivity contribution in [2.24, 2.45) is 5.41 Å². The van der Waals surface area contributed by atoms with Crippen LogP contribution in [0.4, 0.5) is 0 Å². The van der Waals surface area contributed by atoms with Crippen molar-refractivity contribution in [1.29, 1.82) is 0 Å². The fourth-order valence-electron chi connectivity index (χ4n) is 0.837. The second-order valence-electron chi connectivity index (χ2n) is 2.41. The van der Waals surface area contributed by atoms with Gasteiger partial charge in [-0.1, -0.05) is 0 Å². The van der Waals surface area contributed by atoms with E-state index < -0.39 is 0 Å². The number of methoxy groups -OCH3 is 1. The van der Waals surface area contributed by atoms with Crippen LogP contribution in [0, 0.1) is 5.41 Å². The monoisotopic (exact) mass is 130 g/mol. The van der Waals surface area contributed by atoms with Crippen LogP contribution in [0.3, 0.4) is 0 Å². The lowest BCUT2D eigenvalue weighted by molar-refractivity contribution is -0.157. The van der Waals surface area contributed by atoms with E-state index in [0.29, 0.717) is 19.8 Å². The maximum Gasteiger partial charge on any atom is 0.133 e. The van der Waals surface area contributed by atoms with Gasteiger partial charge in [-0.15, -0.1) is 0 Å². The third kappa shape index (κ3) is 1.11. The molecule has 0 N–H and O–H groups in total. The van der Waals surface area contributed by atoms with E-state index in [-0.39, 0.29) is 5.41 Å². The lowest BCUT2D eigenvalue weighted by atomic mass is 9.89. The maximum absolute atomic E-state index is 10.3. The molecule has 1 aliphatic rings. The van der Waals surface area contributed by atoms with Crippen LogP contribution in [-0.4, -0.2) is 33.2 Å². The van der Waals surface area contributed by atoms with Crippen LogP contribution < -0.4 is 0 Å². The van der Waals surface area contributed by atoms with Crippen molar-refractivity contribution in [3.05, 3.63) is 0 Å². The Bertz CT molecular complexity index is 107. The van der Waals surface area contributed by atoms with E-state index in [9.17, 15) is 4.79 Å². The summed E-state index contributed by atoms with van der Waals surface area (Å²) in [6, 6.07) is 0. The molecule has 1 aliphatic heterocycles. The van der Waals surface area contributed by atoms with Gasteiger partial charge in [-0.05, 0) is 0 Å². The van der Waals surface area contributed by atoms with Crippen LogP contribution in [0.15, 0.2) is 0 Å². The van der Waals surface area contributed by atoms with E-state index in [4.69, 9.17) is 9.47 Å². The molecule has 0 radical (unpaired) electrons. The molecule has 0 aromatic heterocycles. The van der Waals surface area contributed by atoms with Crippen molar-refractivity contribution in [1.82, 2.24) is 0 Å². The standard InChI is InChI=1S/C6H10O3/c1-8-3-6(2-7)4-9-5-6/h2H,3-5H2,1H3. The highest BCUT2D eigenvalue weighted by molar-refractivity contribution is 5.61. The summed E-state index contributed by atoms with van der Waals surface area (Å²) in [6.07, 6.45) is 0.917. The minimum absolute atomic E-state index is 0.311. The first kappa shape index (κ1) is 6.71. The summed E-state index contributed by atoms with van der Waals surface area (Å²) in [5, 5.41) is 0. The predicted octanol–water partition coefficient (Wildman–Crippen LogP) is -0.152. The van der Waals surface area contributed by atoms with Crippen molar-refractivity contribution in [2.45, 2.75) is 0 Å². The van der Waals surface area contributed by atoms with Crippen molar-refractivity contribution in [3.63, 3.8) is 0 Å². The van der Waals surface area contributed by atoms with Gasteiger partial charge in [0.2, 0.25) is 0 Å². The summed E-state index contributed by atoms with van der Waals surface area (Å²) in [6.45, 7) is 1.52. The van der Waals surface area contributed by atoms with Crippen molar-refractivity contribution in [2.75, 3.05) is 26.9 Å². The first-order chi connectivity index (χ1) is 4.33. The van der Waals surface area contributed by atoms with Gasteiger partial charge in [-0.2, -0.15) is 0 Å². The third-order valence-electron chi connectivity index (χ3n) is 1.46. The van der Waals surface area contributed by atoms with Gasteiger partial charge in [0.05, 0.1) is 25.2 Å². The Hall–Kier alpha value is -0.410. The molecule has 1 heterocycles. The molecule has 0 atom stereocenters. The quantitative estimate of drug-likeness (QED) is 0.498. The molecule has 0 unspecified atom stereocenters. The van der Waals surface area contributed by atoms with Crippen LogP contribution in [-0.2, 0) is 14.3 Å². The fourth-order valence-corrected chi connectivity index (χ4v) is 0.837. The summed E-state index contributed by atoms with van der Waals surface area (Å²) in [5.74, 6) is 0. The number of ether oxygens (including phenoxy) is 2. The largest absolute Gasteiger partial charge is 0.383 e. The maximum atomic E-state index is 10.3. The molecule has 0 aromatic carbocycles. The number of carbonyl (C=O) groups is 1. The Morgan fingerprint density at radius 2 is 2.44 bits per heavy atom. The van der Waals surface area contributed by atoms with Crippen LogP contribution in [0.5, 0.6) is 0 Å². The minimum atomic E-state index is -0.311. The molecule has 3 heteroatoms. The van der Waals surface area contributed by atoms with Crippen molar-refractivity contribution in [3.8, 4) is 0 Å². The molecule has 1 fully saturated rings. The highest BCUT2D eigenvalue weighted by Crippen LogP contribution is 2.24. The number of hydrogen-bond donors (Lipinski definition) is 0. The molecule has 0 bridgehead atoms. The van der Waals surface area contributed by atoms with E-state index in [1.54, 1.807) is 7.11 Å². The molecule has 3 nitrogen and oxygen atoms in total. The Kier molecular flexibility index (Phi) is 1.83. The van der Waals surface area contributed by atoms with Crippen LogP contribution in [0.25, 0.3) is 0 Å². The van der Waals surface area contributed by atoms with Gasteiger partial charge in [-0.25, -0.2) is 0 Å². The van der Waals surface area contributed by atoms with Crippen LogP contribution in [0.1, 0.15) is 0 Å². The Morgan fingerprint density at radius 1 is 1.78 bits per heavy atom. The molecular weight excluding hydrogens is 120 g/mol. The topological polar surface area (TPSA) is 35.5 Å². The lowest BCUT2D eigenvalue weighted by Crippen LogP contribution is -2.47. The van der Waals surface area contributed by atoms with E-state index >= 15 is 0 Å². The smallest absolute Gasteiger partial charge is 0.133 e. The van der Waals surface area contributed by atoms with Crippen molar-refractivity contribution < 1.29 is 14.3 Å². The van der Waals surface area contributed by atoms with Gasteiger partial charge in [-0.3, -0.25) is 0 Å². The van der Waals surface area contributed by atoms with Gasteiger partial charge >= 0.3 is 0 Å². The summed E-state index contributed by atoms with van der Waals surface area (Å²) in [4.78, 5) is 10.3. The molecule has 9 heavy (non-hydrogen) atoms. The zero-order valence-electron chi connectivity index (χ0n) is 5.42. The van der Waals surface area contributed by atoms with Crippen LogP contribution in [0.2, 0.25) is 0 Å². The summed E-state index contributed by atoms with van der Waals surface area (Å²) in [5.41, 5.74) is -0.311. The summed E-state index contributed by atoms with van der Waals surface area (Å²) in [7, 11) is 1.59. The van der Waals surface area contributed by atoms with Crippen LogP contribution >= 0.6 is 0 Å². The number of rotatable bonds is 3. The highest BCUT2D eigenvalue weighted by Gasteiger charge is 2.38. The van der Waals surface area contributed by atoms with Gasteiger partial charge in [0.1, 0.15) is 6.29 Å². The molecule has 1 rings (SSSR count). The predicted molar refractivity (Wildman–Crippen MR) is 31.2 cm³/mol. The molecule has 0 aromatic rings. The average Bonchev–Trinajstić information content (AvgIpc) is 1.79. The molecule has 0 aliphatic carbocycles. The number of hydrogen-bond acceptors (Lipinski definition) is 3. The number of aldehydes is 1. The molecule has 52 valence electrons. The molecule has 0 spiro atoms. The van der Waals surface area contributed by atoms with Gasteiger partial charge in [0.15, 0.2) is 0 Å². The van der Waals surface area contributed by atoms with Crippen molar-refractivity contribution >= 4 is 6.29 Å². The Labute approximate surface area is 53.9 Å². The SMILES string of the molecule is COCC1(C=O)COC1. The minimum Gasteiger partial charge on any atom is -0.383 e. The average molecular weight is 130 g/mol. The van der Waals surface area contributed by atoms with E-state index in [0.717, 1.165) is 6.29 Å². The zero-order chi connectivity index (χ0) is 6.74. The lowest BCUT2D eigenvalue weighted by Gasteiger charge is -2.35. The second kappa shape index (κ2) is 2.45. The zero-order valence-corrected chi connectivity index (χ0v) is 5.42. The van der Waals surface area contributed by atoms with E-state index in [1.807, 2.05) is 0 Å². The first-order valence-electron chi connectivity index (χ1n) is 2.86. The Balaban J connectivity index is 2.37. The number of carbonyl (C=O) groups excluding carboxylic acids is 1. The second-order valence-corrected chi connectivity index (χ2v) is 2.41. The molecular formula is C6H10O3. The summed E-state index contributed by atoms with van der Waals surface area (Å²) < 4.78 is 9.70. The van der Waals surface area contributed by atoms with E-state index in [2.05, 4.69) is 0 Å². The molecule has 1 saturated heterocycles. The first-order valence-corrected chi connectivity index (χ1v) is 2.86. The molecule has 0 saturated carbocycles. The normalized spacial score (nSPS) is 22.8. The van der Waals surface area contributed by atoms with Gasteiger partial charge in [0.25, 0.3) is 0 Å². The fraction of sp³-hybridized carbons (Fsp3) is 0.833. The summed E-state index contributed by atoms with van der Waals surface area (Å²) >= 11 is 0. The van der Waals surface area contributed by atoms with Gasteiger partial charge in [0, 0.05) is 7.11 Å². The molecule has 0 amide bonds. The highest BCUT2D eigenvalue weighted by atomic mass is 16.5. The Morgan fingerprint density at radius 3 is 2.56 bits per heavy atom. The third-order valence-corrected chi connectivity index (χ3v) is 1.46. The van der Waals surface area contributed by atoms with Gasteiger partial charge < -0.3 is 14.3 Å².